The Morgan fingerprint density at radius 2 is 2.33 bits per heavy atom. The molecule has 2 rings (SSSR count). The number of nitrogens with one attached hydrogen (secondary N) is 1. The van der Waals surface area contributed by atoms with Crippen LogP contribution in [-0.4, -0.2) is 35.4 Å². The Hall–Kier alpha value is -1.87. The molecule has 2 heterocycles. The van der Waals surface area contributed by atoms with Gasteiger partial charge in [0.25, 0.3) is 0 Å². The highest BCUT2D eigenvalue weighted by molar-refractivity contribution is 5.85. The highest BCUT2D eigenvalue weighted by atomic mass is 16.5. The van der Waals surface area contributed by atoms with Crippen molar-refractivity contribution in [1.82, 2.24) is 15.1 Å². The van der Waals surface area contributed by atoms with Gasteiger partial charge < -0.3 is 10.1 Å². The van der Waals surface area contributed by atoms with Gasteiger partial charge in [-0.1, -0.05) is 0 Å². The third-order valence-electron chi connectivity index (χ3n) is 3.18. The van der Waals surface area contributed by atoms with Gasteiger partial charge in [-0.3, -0.25) is 9.48 Å². The third kappa shape index (κ3) is 2.68. The Kier molecular flexibility index (Phi) is 3.95. The topological polar surface area (TPSA) is 79.9 Å². The Morgan fingerprint density at radius 3 is 2.94 bits per heavy atom. The van der Waals surface area contributed by atoms with Crippen molar-refractivity contribution in [2.75, 3.05) is 19.8 Å². The van der Waals surface area contributed by atoms with Gasteiger partial charge in [-0.15, -0.1) is 0 Å². The van der Waals surface area contributed by atoms with Crippen LogP contribution < -0.4 is 5.32 Å². The number of ether oxygens (including phenoxy) is 1. The van der Waals surface area contributed by atoms with E-state index in [1.165, 1.54) is 0 Å². The van der Waals surface area contributed by atoms with Crippen molar-refractivity contribution in [2.24, 2.45) is 5.41 Å². The van der Waals surface area contributed by atoms with E-state index in [0.29, 0.717) is 39.1 Å². The summed E-state index contributed by atoms with van der Waals surface area (Å²) in [5.41, 5.74) is -0.914. The minimum Gasteiger partial charge on any atom is -0.381 e. The van der Waals surface area contributed by atoms with Gasteiger partial charge in [-0.25, -0.2) is 0 Å². The monoisotopic (exact) mass is 248 g/mol. The van der Waals surface area contributed by atoms with Gasteiger partial charge in [0, 0.05) is 32.2 Å². The molecule has 1 aliphatic heterocycles. The molecule has 1 saturated heterocycles. The maximum Gasteiger partial charge on any atom is 0.240 e. The van der Waals surface area contributed by atoms with Crippen molar-refractivity contribution < 1.29 is 9.53 Å². The summed E-state index contributed by atoms with van der Waals surface area (Å²) < 4.78 is 6.93. The van der Waals surface area contributed by atoms with Gasteiger partial charge >= 0.3 is 0 Å². The molecule has 0 atom stereocenters. The first kappa shape index (κ1) is 12.6. The predicted octanol–water partition coefficient (Wildman–Crippen LogP) is 0.320. The summed E-state index contributed by atoms with van der Waals surface area (Å²) in [6.07, 6.45) is 4.46. The summed E-state index contributed by atoms with van der Waals surface area (Å²) >= 11 is 0. The number of hydrogen-bond donors (Lipinski definition) is 1. The van der Waals surface area contributed by atoms with Crippen LogP contribution in [0.5, 0.6) is 0 Å². The molecule has 1 amide bonds. The van der Waals surface area contributed by atoms with E-state index in [2.05, 4.69) is 16.5 Å². The summed E-state index contributed by atoms with van der Waals surface area (Å²) in [5.74, 6) is -0.194. The summed E-state index contributed by atoms with van der Waals surface area (Å²) in [6.45, 7) is 2.03. The Morgan fingerprint density at radius 1 is 1.56 bits per heavy atom. The molecule has 0 radical (unpaired) electrons. The molecule has 1 aromatic rings. The van der Waals surface area contributed by atoms with Crippen molar-refractivity contribution in [1.29, 1.82) is 5.26 Å². The summed E-state index contributed by atoms with van der Waals surface area (Å²) in [4.78, 5) is 12.1. The smallest absolute Gasteiger partial charge is 0.240 e. The number of rotatable bonds is 4. The SMILES string of the molecule is N#CC1(C(=O)NCCn2cccn2)CCOCC1. The molecule has 18 heavy (non-hydrogen) atoms. The maximum absolute atomic E-state index is 12.1. The molecule has 6 heteroatoms. The molecule has 1 aliphatic rings. The van der Waals surface area contributed by atoms with Crippen LogP contribution in [0.15, 0.2) is 18.5 Å². The lowest BCUT2D eigenvalue weighted by Gasteiger charge is -2.29. The number of carbonyl (C=O) groups is 1. The standard InChI is InChI=1S/C12H16N4O2/c13-10-12(2-8-18-9-3-12)11(17)14-5-7-16-6-1-4-15-16/h1,4,6H,2-3,5,7-9H2,(H,14,17). The second-order valence-electron chi connectivity index (χ2n) is 4.33. The van der Waals surface area contributed by atoms with E-state index in [0.717, 1.165) is 0 Å². The second kappa shape index (κ2) is 5.65. The molecule has 96 valence electrons. The van der Waals surface area contributed by atoms with Crippen LogP contribution in [0.3, 0.4) is 0 Å². The van der Waals surface area contributed by atoms with Crippen LogP contribution in [-0.2, 0) is 16.1 Å². The molecule has 1 N–H and O–H groups in total. The normalized spacial score (nSPS) is 17.9. The zero-order chi connectivity index (χ0) is 12.8. The quantitative estimate of drug-likeness (QED) is 0.832. The number of aromatic nitrogens is 2. The van der Waals surface area contributed by atoms with Crippen molar-refractivity contribution in [2.45, 2.75) is 19.4 Å². The van der Waals surface area contributed by atoms with E-state index in [4.69, 9.17) is 4.74 Å². The van der Waals surface area contributed by atoms with E-state index >= 15 is 0 Å². The third-order valence-corrected chi connectivity index (χ3v) is 3.18. The van der Waals surface area contributed by atoms with Crippen LogP contribution in [0.1, 0.15) is 12.8 Å². The first-order valence-corrected chi connectivity index (χ1v) is 6.02. The molecule has 0 unspecified atom stereocenters. The lowest BCUT2D eigenvalue weighted by molar-refractivity contribution is -0.132. The van der Waals surface area contributed by atoms with E-state index in [1.54, 1.807) is 10.9 Å². The van der Waals surface area contributed by atoms with Gasteiger partial charge in [0.2, 0.25) is 5.91 Å². The Balaban J connectivity index is 1.84. The number of amides is 1. The second-order valence-corrected chi connectivity index (χ2v) is 4.33. The average molecular weight is 248 g/mol. The minimum absolute atomic E-state index is 0.194. The summed E-state index contributed by atoms with van der Waals surface area (Å²) in [5, 5.41) is 16.1. The molecule has 0 spiro atoms. The van der Waals surface area contributed by atoms with Crippen molar-refractivity contribution in [3.63, 3.8) is 0 Å². The highest BCUT2D eigenvalue weighted by Crippen LogP contribution is 2.29. The molecule has 0 saturated carbocycles. The molecular formula is C12H16N4O2. The zero-order valence-electron chi connectivity index (χ0n) is 10.1. The van der Waals surface area contributed by atoms with Crippen molar-refractivity contribution in [3.05, 3.63) is 18.5 Å². The Bertz CT molecular complexity index is 429. The van der Waals surface area contributed by atoms with Crippen LogP contribution in [0.2, 0.25) is 0 Å². The van der Waals surface area contributed by atoms with Crippen LogP contribution in [0.4, 0.5) is 0 Å². The first-order valence-electron chi connectivity index (χ1n) is 6.02. The molecule has 0 bridgehead atoms. The molecule has 1 aromatic heterocycles. The van der Waals surface area contributed by atoms with Crippen molar-refractivity contribution in [3.8, 4) is 6.07 Å². The van der Waals surface area contributed by atoms with E-state index in [1.807, 2.05) is 12.3 Å². The van der Waals surface area contributed by atoms with Crippen molar-refractivity contribution >= 4 is 5.91 Å². The van der Waals surface area contributed by atoms with Gasteiger partial charge in [0.05, 0.1) is 12.6 Å². The van der Waals surface area contributed by atoms with Crippen LogP contribution in [0, 0.1) is 16.7 Å². The van der Waals surface area contributed by atoms with Gasteiger partial charge in [0.1, 0.15) is 5.41 Å². The Labute approximate surface area is 106 Å². The largest absolute Gasteiger partial charge is 0.381 e. The number of hydrogen-bond acceptors (Lipinski definition) is 4. The van der Waals surface area contributed by atoms with Crippen LogP contribution in [0.25, 0.3) is 0 Å². The highest BCUT2D eigenvalue weighted by Gasteiger charge is 2.40. The average Bonchev–Trinajstić information content (AvgIpc) is 2.92. The lowest BCUT2D eigenvalue weighted by Crippen LogP contribution is -2.44. The fourth-order valence-electron chi connectivity index (χ4n) is 2.00. The van der Waals surface area contributed by atoms with E-state index < -0.39 is 5.41 Å². The van der Waals surface area contributed by atoms with Gasteiger partial charge in [-0.2, -0.15) is 10.4 Å². The minimum atomic E-state index is -0.914. The van der Waals surface area contributed by atoms with Gasteiger partial charge in [0.15, 0.2) is 0 Å². The molecule has 6 nitrogen and oxygen atoms in total. The number of nitrogens with zero attached hydrogens (tertiary/aromatic N) is 3. The molecule has 0 aliphatic carbocycles. The molecule has 1 fully saturated rings. The predicted molar refractivity (Wildman–Crippen MR) is 63.3 cm³/mol. The first-order chi connectivity index (χ1) is 8.77. The number of carbonyl (C=O) groups excluding carboxylic acids is 1. The van der Waals surface area contributed by atoms with E-state index in [-0.39, 0.29) is 5.91 Å². The summed E-state index contributed by atoms with van der Waals surface area (Å²) in [6, 6.07) is 3.98. The van der Waals surface area contributed by atoms with E-state index in [9.17, 15) is 10.1 Å². The zero-order valence-corrected chi connectivity index (χ0v) is 10.1. The fraction of sp³-hybridized carbons (Fsp3) is 0.583. The van der Waals surface area contributed by atoms with Crippen LogP contribution >= 0.6 is 0 Å². The summed E-state index contributed by atoms with van der Waals surface area (Å²) in [7, 11) is 0. The molecular weight excluding hydrogens is 232 g/mol. The number of nitriles is 1. The molecule has 0 aromatic carbocycles. The van der Waals surface area contributed by atoms with Gasteiger partial charge in [-0.05, 0) is 18.9 Å². The maximum atomic E-state index is 12.1. The lowest BCUT2D eigenvalue weighted by atomic mass is 9.81. The fourth-order valence-corrected chi connectivity index (χ4v) is 2.00.